The molecule has 1 N–H and O–H groups in total. The van der Waals surface area contributed by atoms with Gasteiger partial charge in [0.1, 0.15) is 6.04 Å². The molecule has 1 aliphatic rings. The van der Waals surface area contributed by atoms with E-state index in [0.29, 0.717) is 0 Å². The van der Waals surface area contributed by atoms with Gasteiger partial charge in [-0.15, -0.1) is 0 Å². The van der Waals surface area contributed by atoms with Crippen LogP contribution in [0.3, 0.4) is 0 Å². The number of esters is 1. The number of hydrogen-bond acceptors (Lipinski definition) is 4. The number of likely N-dealkylation sites (tertiary alicyclic amines) is 1. The molecule has 0 bridgehead atoms. The minimum atomic E-state index is -0.258. The topological polar surface area (TPSA) is 58.6 Å². The molecule has 1 amide bonds. The zero-order chi connectivity index (χ0) is 14.3. The molecule has 0 aromatic heterocycles. The van der Waals surface area contributed by atoms with E-state index in [4.69, 9.17) is 4.74 Å². The van der Waals surface area contributed by atoms with Crippen molar-refractivity contribution in [1.82, 2.24) is 10.2 Å². The van der Waals surface area contributed by atoms with Crippen molar-refractivity contribution in [3.05, 3.63) is 0 Å². The van der Waals surface area contributed by atoms with Crippen LogP contribution in [0.4, 0.5) is 0 Å². The van der Waals surface area contributed by atoms with Crippen LogP contribution in [-0.4, -0.2) is 49.1 Å². The van der Waals surface area contributed by atoms with Crippen LogP contribution in [0, 0.1) is 0 Å². The van der Waals surface area contributed by atoms with Crippen molar-refractivity contribution >= 4 is 11.9 Å². The third-order valence-electron chi connectivity index (χ3n) is 3.78. The van der Waals surface area contributed by atoms with E-state index in [1.807, 2.05) is 4.90 Å². The first-order chi connectivity index (χ1) is 9.12. The van der Waals surface area contributed by atoms with E-state index >= 15 is 0 Å². The number of piperidine rings is 1. The molecular formula is C14H26N2O3. The molecule has 0 aromatic rings. The zero-order valence-corrected chi connectivity index (χ0v) is 12.3. The van der Waals surface area contributed by atoms with Crippen LogP contribution < -0.4 is 5.32 Å². The average Bonchev–Trinajstić information content (AvgIpc) is 2.44. The maximum atomic E-state index is 12.0. The van der Waals surface area contributed by atoms with Crippen molar-refractivity contribution in [2.75, 3.05) is 20.2 Å². The number of ether oxygens (including phenoxy) is 1. The number of hydrogen-bond donors (Lipinski definition) is 1. The van der Waals surface area contributed by atoms with Crippen LogP contribution in [0.2, 0.25) is 0 Å². The molecule has 5 heteroatoms. The molecule has 0 aliphatic carbocycles. The summed E-state index contributed by atoms with van der Waals surface area (Å²) >= 11 is 0. The standard InChI is InChI=1S/C14H26N2O3/c1-4-11(5-2)15-13(17)10-16-9-7-6-8-12(16)14(18)19-3/h11-12H,4-10H2,1-3H3,(H,15,17). The Morgan fingerprint density at radius 1 is 1.32 bits per heavy atom. The highest BCUT2D eigenvalue weighted by Crippen LogP contribution is 2.17. The summed E-state index contributed by atoms with van der Waals surface area (Å²) in [6, 6.07) is -0.0277. The molecule has 0 saturated carbocycles. The fourth-order valence-electron chi connectivity index (χ4n) is 2.53. The Morgan fingerprint density at radius 2 is 2.00 bits per heavy atom. The summed E-state index contributed by atoms with van der Waals surface area (Å²) in [5, 5.41) is 3.01. The predicted molar refractivity (Wildman–Crippen MR) is 73.7 cm³/mol. The molecule has 1 unspecified atom stereocenters. The lowest BCUT2D eigenvalue weighted by molar-refractivity contribution is -0.148. The minimum Gasteiger partial charge on any atom is -0.468 e. The van der Waals surface area contributed by atoms with Gasteiger partial charge in [-0.2, -0.15) is 0 Å². The van der Waals surface area contributed by atoms with Gasteiger partial charge in [-0.3, -0.25) is 14.5 Å². The van der Waals surface area contributed by atoms with Crippen molar-refractivity contribution in [2.24, 2.45) is 0 Å². The molecule has 5 nitrogen and oxygen atoms in total. The molecule has 1 atom stereocenters. The highest BCUT2D eigenvalue weighted by atomic mass is 16.5. The number of nitrogens with one attached hydrogen (secondary N) is 1. The van der Waals surface area contributed by atoms with Crippen molar-refractivity contribution in [3.63, 3.8) is 0 Å². The van der Waals surface area contributed by atoms with E-state index in [1.54, 1.807) is 0 Å². The Morgan fingerprint density at radius 3 is 2.58 bits per heavy atom. The molecule has 110 valence electrons. The van der Waals surface area contributed by atoms with E-state index < -0.39 is 0 Å². The summed E-state index contributed by atoms with van der Waals surface area (Å²) in [6.07, 6.45) is 4.70. The molecule has 1 heterocycles. The van der Waals surface area contributed by atoms with Crippen LogP contribution in [0.1, 0.15) is 46.0 Å². The number of nitrogens with zero attached hydrogens (tertiary/aromatic N) is 1. The van der Waals surface area contributed by atoms with Gasteiger partial charge in [0.2, 0.25) is 5.91 Å². The van der Waals surface area contributed by atoms with Gasteiger partial charge in [-0.05, 0) is 32.2 Å². The van der Waals surface area contributed by atoms with Crippen molar-refractivity contribution < 1.29 is 14.3 Å². The molecule has 0 aromatic carbocycles. The van der Waals surface area contributed by atoms with Gasteiger partial charge < -0.3 is 10.1 Å². The van der Waals surface area contributed by atoms with Gasteiger partial charge in [-0.25, -0.2) is 0 Å². The van der Waals surface area contributed by atoms with Gasteiger partial charge in [0.15, 0.2) is 0 Å². The highest BCUT2D eigenvalue weighted by Gasteiger charge is 2.30. The number of rotatable bonds is 6. The monoisotopic (exact) mass is 270 g/mol. The molecule has 1 rings (SSSR count). The summed E-state index contributed by atoms with van der Waals surface area (Å²) < 4.78 is 4.81. The molecule has 19 heavy (non-hydrogen) atoms. The lowest BCUT2D eigenvalue weighted by atomic mass is 10.0. The Bertz CT molecular complexity index is 303. The number of amides is 1. The average molecular weight is 270 g/mol. The zero-order valence-electron chi connectivity index (χ0n) is 12.3. The number of carbonyl (C=O) groups excluding carboxylic acids is 2. The van der Waals surface area contributed by atoms with Crippen LogP contribution in [0.25, 0.3) is 0 Å². The second kappa shape index (κ2) is 8.15. The van der Waals surface area contributed by atoms with Crippen molar-refractivity contribution in [3.8, 4) is 0 Å². The third-order valence-corrected chi connectivity index (χ3v) is 3.78. The summed E-state index contributed by atoms with van der Waals surface area (Å²) in [6.45, 7) is 5.20. The predicted octanol–water partition coefficient (Wildman–Crippen LogP) is 1.32. The maximum Gasteiger partial charge on any atom is 0.323 e. The Balaban J connectivity index is 2.52. The summed E-state index contributed by atoms with van der Waals surface area (Å²) in [7, 11) is 1.40. The molecule has 1 aliphatic heterocycles. The van der Waals surface area contributed by atoms with E-state index in [1.165, 1.54) is 7.11 Å². The Labute approximate surface area is 115 Å². The van der Waals surface area contributed by atoms with Gasteiger partial charge in [0, 0.05) is 6.04 Å². The normalized spacial score (nSPS) is 20.3. The second-order valence-corrected chi connectivity index (χ2v) is 5.09. The quantitative estimate of drug-likeness (QED) is 0.740. The molecular weight excluding hydrogens is 244 g/mol. The van der Waals surface area contributed by atoms with Gasteiger partial charge in [0.05, 0.1) is 13.7 Å². The molecule has 0 spiro atoms. The second-order valence-electron chi connectivity index (χ2n) is 5.09. The minimum absolute atomic E-state index is 0.00417. The van der Waals surface area contributed by atoms with Gasteiger partial charge >= 0.3 is 5.97 Å². The smallest absolute Gasteiger partial charge is 0.323 e. The molecule has 1 saturated heterocycles. The summed E-state index contributed by atoms with van der Waals surface area (Å²) in [4.78, 5) is 25.6. The lowest BCUT2D eigenvalue weighted by Crippen LogP contribution is -2.50. The summed E-state index contributed by atoms with van der Waals surface area (Å²) in [5.41, 5.74) is 0. The SMILES string of the molecule is CCC(CC)NC(=O)CN1CCCCC1C(=O)OC. The first kappa shape index (κ1) is 16.0. The summed E-state index contributed by atoms with van der Waals surface area (Å²) in [5.74, 6) is -0.223. The largest absolute Gasteiger partial charge is 0.468 e. The third kappa shape index (κ3) is 4.82. The fraction of sp³-hybridized carbons (Fsp3) is 0.857. The number of carbonyl (C=O) groups is 2. The van der Waals surface area contributed by atoms with Crippen molar-refractivity contribution in [2.45, 2.75) is 58.0 Å². The number of methoxy groups -OCH3 is 1. The first-order valence-electron chi connectivity index (χ1n) is 7.23. The first-order valence-corrected chi connectivity index (χ1v) is 7.23. The lowest BCUT2D eigenvalue weighted by Gasteiger charge is -2.33. The van der Waals surface area contributed by atoms with E-state index in [0.717, 1.165) is 38.6 Å². The highest BCUT2D eigenvalue weighted by molar-refractivity contribution is 5.80. The molecule has 0 radical (unpaired) electrons. The van der Waals surface area contributed by atoms with Crippen LogP contribution in [-0.2, 0) is 14.3 Å². The van der Waals surface area contributed by atoms with Crippen molar-refractivity contribution in [1.29, 1.82) is 0 Å². The van der Waals surface area contributed by atoms with Gasteiger partial charge in [0.25, 0.3) is 0 Å². The Hall–Kier alpha value is -1.10. The van der Waals surface area contributed by atoms with Crippen LogP contribution in [0.15, 0.2) is 0 Å². The van der Waals surface area contributed by atoms with E-state index in [2.05, 4.69) is 19.2 Å². The van der Waals surface area contributed by atoms with Crippen LogP contribution >= 0.6 is 0 Å². The van der Waals surface area contributed by atoms with Gasteiger partial charge in [-0.1, -0.05) is 20.3 Å². The molecule has 1 fully saturated rings. The Kier molecular flexibility index (Phi) is 6.84. The van der Waals surface area contributed by atoms with E-state index in [9.17, 15) is 9.59 Å². The fourth-order valence-corrected chi connectivity index (χ4v) is 2.53. The van der Waals surface area contributed by atoms with E-state index in [-0.39, 0.29) is 30.5 Å². The maximum absolute atomic E-state index is 12.0. The van der Waals surface area contributed by atoms with Crippen LogP contribution in [0.5, 0.6) is 0 Å².